The van der Waals surface area contributed by atoms with Crippen LogP contribution in [0.4, 0.5) is 0 Å². The van der Waals surface area contributed by atoms with Crippen LogP contribution in [0.2, 0.25) is 0 Å². The quantitative estimate of drug-likeness (QED) is 0.772. The molecule has 0 aliphatic heterocycles. The fraction of sp³-hybridized carbons (Fsp3) is 0.812. The van der Waals surface area contributed by atoms with E-state index < -0.39 is 5.97 Å². The van der Waals surface area contributed by atoms with Crippen molar-refractivity contribution < 1.29 is 9.90 Å². The van der Waals surface area contributed by atoms with Crippen molar-refractivity contribution in [2.45, 2.75) is 76.3 Å². The monoisotopic (exact) mass is 265 g/mol. The predicted octanol–water partition coefficient (Wildman–Crippen LogP) is 3.59. The fourth-order valence-electron chi connectivity index (χ4n) is 3.70. The Morgan fingerprint density at radius 1 is 0.947 bits per heavy atom. The van der Waals surface area contributed by atoms with Gasteiger partial charge in [-0.2, -0.15) is 0 Å². The second kappa shape index (κ2) is 7.68. The van der Waals surface area contributed by atoms with E-state index in [0.29, 0.717) is 12.1 Å². The Bertz CT molecular complexity index is 284. The van der Waals surface area contributed by atoms with Crippen LogP contribution in [0.3, 0.4) is 0 Å². The number of rotatable bonds is 5. The molecule has 2 rings (SSSR count). The van der Waals surface area contributed by atoms with E-state index >= 15 is 0 Å². The first-order chi connectivity index (χ1) is 9.27. The number of hydrogen-bond donors (Lipinski definition) is 1. The SMILES string of the molecule is O=C(O)/C=C/CN(C1CCCCC1)C1CCCCC1. The Morgan fingerprint density at radius 2 is 1.42 bits per heavy atom. The molecule has 2 aliphatic carbocycles. The van der Waals surface area contributed by atoms with Crippen molar-refractivity contribution in [1.82, 2.24) is 4.90 Å². The summed E-state index contributed by atoms with van der Waals surface area (Å²) in [5.41, 5.74) is 0. The maximum absolute atomic E-state index is 10.6. The summed E-state index contributed by atoms with van der Waals surface area (Å²) in [6, 6.07) is 1.38. The van der Waals surface area contributed by atoms with Crippen molar-refractivity contribution in [3.05, 3.63) is 12.2 Å². The minimum atomic E-state index is -0.827. The zero-order chi connectivity index (χ0) is 13.5. The molecule has 2 saturated carbocycles. The largest absolute Gasteiger partial charge is 0.478 e. The second-order valence-corrected chi connectivity index (χ2v) is 6.02. The molecule has 2 fully saturated rings. The van der Waals surface area contributed by atoms with Gasteiger partial charge in [-0.15, -0.1) is 0 Å². The van der Waals surface area contributed by atoms with Gasteiger partial charge in [0.25, 0.3) is 0 Å². The fourth-order valence-corrected chi connectivity index (χ4v) is 3.70. The number of nitrogens with zero attached hydrogens (tertiary/aromatic N) is 1. The van der Waals surface area contributed by atoms with Gasteiger partial charge in [-0.1, -0.05) is 44.6 Å². The Morgan fingerprint density at radius 3 is 1.84 bits per heavy atom. The van der Waals surface area contributed by atoms with Crippen LogP contribution in [0.15, 0.2) is 12.2 Å². The zero-order valence-electron chi connectivity index (χ0n) is 11.9. The molecule has 3 heteroatoms. The molecule has 0 unspecified atom stereocenters. The molecule has 2 aliphatic rings. The summed E-state index contributed by atoms with van der Waals surface area (Å²) in [4.78, 5) is 13.2. The van der Waals surface area contributed by atoms with Crippen LogP contribution in [0, 0.1) is 0 Å². The first-order valence-corrected chi connectivity index (χ1v) is 7.92. The lowest BCUT2D eigenvalue weighted by Gasteiger charge is -2.41. The molecular weight excluding hydrogens is 238 g/mol. The van der Waals surface area contributed by atoms with Crippen molar-refractivity contribution in [3.8, 4) is 0 Å². The lowest BCUT2D eigenvalue weighted by Crippen LogP contribution is -2.45. The molecule has 0 spiro atoms. The standard InChI is InChI=1S/C16H27NO2/c18-16(19)12-7-13-17(14-8-3-1-4-9-14)15-10-5-2-6-11-15/h7,12,14-15H,1-6,8-11,13H2,(H,18,19)/b12-7+. The van der Waals surface area contributed by atoms with Gasteiger partial charge in [0.2, 0.25) is 0 Å². The van der Waals surface area contributed by atoms with Crippen molar-refractivity contribution in [1.29, 1.82) is 0 Å². The lowest BCUT2D eigenvalue weighted by molar-refractivity contribution is -0.131. The molecule has 0 heterocycles. The third-order valence-electron chi connectivity index (χ3n) is 4.66. The van der Waals surface area contributed by atoms with Crippen LogP contribution < -0.4 is 0 Å². The molecule has 0 aromatic heterocycles. The van der Waals surface area contributed by atoms with Crippen molar-refractivity contribution in [3.63, 3.8) is 0 Å². The highest BCUT2D eigenvalue weighted by molar-refractivity contribution is 5.79. The van der Waals surface area contributed by atoms with Gasteiger partial charge in [-0.25, -0.2) is 4.79 Å². The highest BCUT2D eigenvalue weighted by Gasteiger charge is 2.27. The molecule has 0 aromatic rings. The van der Waals surface area contributed by atoms with E-state index in [1.165, 1.54) is 70.3 Å². The van der Waals surface area contributed by atoms with Crippen LogP contribution in [-0.2, 0) is 4.79 Å². The first-order valence-electron chi connectivity index (χ1n) is 7.92. The second-order valence-electron chi connectivity index (χ2n) is 6.02. The zero-order valence-corrected chi connectivity index (χ0v) is 11.9. The van der Waals surface area contributed by atoms with Crippen LogP contribution in [-0.4, -0.2) is 34.6 Å². The van der Waals surface area contributed by atoms with Gasteiger partial charge in [0, 0.05) is 24.7 Å². The van der Waals surface area contributed by atoms with Gasteiger partial charge in [0.15, 0.2) is 0 Å². The first kappa shape index (κ1) is 14.6. The summed E-state index contributed by atoms with van der Waals surface area (Å²) in [6.45, 7) is 0.821. The van der Waals surface area contributed by atoms with Gasteiger partial charge in [0.1, 0.15) is 0 Å². The Kier molecular flexibility index (Phi) is 5.90. The number of carboxylic acid groups (broad SMARTS) is 1. The van der Waals surface area contributed by atoms with Crippen LogP contribution >= 0.6 is 0 Å². The number of carbonyl (C=O) groups is 1. The molecule has 1 N–H and O–H groups in total. The third kappa shape index (κ3) is 4.64. The van der Waals surface area contributed by atoms with Gasteiger partial charge in [-0.3, -0.25) is 4.90 Å². The molecule has 0 aromatic carbocycles. The summed E-state index contributed by atoms with van der Waals surface area (Å²) >= 11 is 0. The van der Waals surface area contributed by atoms with Gasteiger partial charge >= 0.3 is 5.97 Å². The maximum atomic E-state index is 10.6. The summed E-state index contributed by atoms with van der Waals surface area (Å²) in [5, 5.41) is 8.74. The molecule has 0 amide bonds. The lowest BCUT2D eigenvalue weighted by atomic mass is 9.88. The summed E-state index contributed by atoms with van der Waals surface area (Å²) in [7, 11) is 0. The van der Waals surface area contributed by atoms with E-state index in [2.05, 4.69) is 4.90 Å². The van der Waals surface area contributed by atoms with E-state index in [1.807, 2.05) is 6.08 Å². The van der Waals surface area contributed by atoms with Crippen molar-refractivity contribution >= 4 is 5.97 Å². The third-order valence-corrected chi connectivity index (χ3v) is 4.66. The highest BCUT2D eigenvalue weighted by atomic mass is 16.4. The highest BCUT2D eigenvalue weighted by Crippen LogP contribution is 2.29. The summed E-state index contributed by atoms with van der Waals surface area (Å²) in [6.07, 6.45) is 16.5. The molecule has 0 radical (unpaired) electrons. The van der Waals surface area contributed by atoms with Crippen LogP contribution in [0.5, 0.6) is 0 Å². The van der Waals surface area contributed by atoms with E-state index in [-0.39, 0.29) is 0 Å². The number of hydrogen-bond acceptors (Lipinski definition) is 2. The van der Waals surface area contributed by atoms with Gasteiger partial charge < -0.3 is 5.11 Å². The van der Waals surface area contributed by atoms with E-state index in [0.717, 1.165) is 6.54 Å². The van der Waals surface area contributed by atoms with Crippen LogP contribution in [0.1, 0.15) is 64.2 Å². The van der Waals surface area contributed by atoms with Crippen molar-refractivity contribution in [2.24, 2.45) is 0 Å². The summed E-state index contributed by atoms with van der Waals surface area (Å²) in [5.74, 6) is -0.827. The minimum absolute atomic E-state index is 0.690. The van der Waals surface area contributed by atoms with E-state index in [1.54, 1.807) is 0 Å². The molecule has 19 heavy (non-hydrogen) atoms. The van der Waals surface area contributed by atoms with Gasteiger partial charge in [-0.05, 0) is 25.7 Å². The van der Waals surface area contributed by atoms with E-state index in [9.17, 15) is 4.79 Å². The molecule has 0 atom stereocenters. The Hall–Kier alpha value is -0.830. The predicted molar refractivity (Wildman–Crippen MR) is 77.2 cm³/mol. The molecule has 108 valence electrons. The molecule has 3 nitrogen and oxygen atoms in total. The van der Waals surface area contributed by atoms with Gasteiger partial charge in [0.05, 0.1) is 0 Å². The average molecular weight is 265 g/mol. The van der Waals surface area contributed by atoms with E-state index in [4.69, 9.17) is 5.11 Å². The normalized spacial score (nSPS) is 23.2. The molecule has 0 bridgehead atoms. The number of carboxylic acids is 1. The topological polar surface area (TPSA) is 40.5 Å². The minimum Gasteiger partial charge on any atom is -0.478 e. The molecular formula is C16H27NO2. The maximum Gasteiger partial charge on any atom is 0.328 e. The van der Waals surface area contributed by atoms with Crippen molar-refractivity contribution in [2.75, 3.05) is 6.54 Å². The smallest absolute Gasteiger partial charge is 0.328 e. The average Bonchev–Trinajstić information content (AvgIpc) is 2.45. The number of aliphatic carboxylic acids is 1. The Balaban J connectivity index is 1.96. The molecule has 0 saturated heterocycles. The summed E-state index contributed by atoms with van der Waals surface area (Å²) < 4.78 is 0. The Labute approximate surface area is 116 Å². The van der Waals surface area contributed by atoms with Crippen LogP contribution in [0.25, 0.3) is 0 Å².